The summed E-state index contributed by atoms with van der Waals surface area (Å²) in [6.45, 7) is 0.953. The molecule has 158 valence electrons. The maximum absolute atomic E-state index is 13.3. The number of aromatic nitrogens is 2. The number of imidazole rings is 1. The molecule has 0 saturated carbocycles. The minimum atomic E-state index is -1.20. The molecule has 2 unspecified atom stereocenters. The molecule has 2 aromatic carbocycles. The first-order valence-corrected chi connectivity index (χ1v) is 10.3. The van der Waals surface area contributed by atoms with Crippen LogP contribution in [0.15, 0.2) is 67.3 Å². The number of nitrogens with zero attached hydrogens (tertiary/aromatic N) is 2. The number of ketones is 2. The smallest absolute Gasteiger partial charge is 0.291 e. The lowest BCUT2D eigenvalue weighted by Gasteiger charge is -2.27. The number of hydrogen-bond acceptors (Lipinski definition) is 3. The Morgan fingerprint density at radius 1 is 1.10 bits per heavy atom. The molecule has 3 aromatic rings. The van der Waals surface area contributed by atoms with Crippen LogP contribution >= 0.6 is 11.6 Å². The highest BCUT2D eigenvalue weighted by atomic mass is 35.5. The maximum Gasteiger partial charge on any atom is 0.291 e. The molecule has 1 fully saturated rings. The first-order valence-electron chi connectivity index (χ1n) is 9.87. The SMILES string of the molecule is O=C1C(=O)N(CCC[n+]2cc[nH]c2)C(c2ccc(Cl)cc2)C1C(=O)c1ccc(F)cc1. The van der Waals surface area contributed by atoms with Crippen molar-refractivity contribution in [3.05, 3.63) is 89.2 Å². The van der Waals surface area contributed by atoms with Gasteiger partial charge in [-0.1, -0.05) is 23.7 Å². The Labute approximate surface area is 183 Å². The van der Waals surface area contributed by atoms with Crippen molar-refractivity contribution in [3.8, 4) is 0 Å². The predicted molar refractivity (Wildman–Crippen MR) is 111 cm³/mol. The van der Waals surface area contributed by atoms with E-state index in [9.17, 15) is 18.8 Å². The van der Waals surface area contributed by atoms with Gasteiger partial charge in [0.05, 0.1) is 12.6 Å². The number of Topliss-reactive ketones (excluding diaryl/α,β-unsaturated/α-hetero) is 2. The zero-order valence-corrected chi connectivity index (χ0v) is 17.3. The third-order valence-corrected chi connectivity index (χ3v) is 5.70. The summed E-state index contributed by atoms with van der Waals surface area (Å²) in [7, 11) is 0. The minimum Gasteiger partial charge on any atom is -0.328 e. The molecule has 1 amide bonds. The fourth-order valence-electron chi connectivity index (χ4n) is 3.94. The van der Waals surface area contributed by atoms with Gasteiger partial charge in [-0.3, -0.25) is 19.4 Å². The van der Waals surface area contributed by atoms with Crippen molar-refractivity contribution in [1.82, 2.24) is 9.88 Å². The van der Waals surface area contributed by atoms with E-state index in [1.807, 2.05) is 10.8 Å². The number of halogens is 2. The van der Waals surface area contributed by atoms with E-state index in [2.05, 4.69) is 4.98 Å². The van der Waals surface area contributed by atoms with Gasteiger partial charge >= 0.3 is 0 Å². The summed E-state index contributed by atoms with van der Waals surface area (Å²) in [6.07, 6.45) is 6.06. The summed E-state index contributed by atoms with van der Waals surface area (Å²) < 4.78 is 15.2. The highest BCUT2D eigenvalue weighted by Gasteiger charge is 2.51. The summed E-state index contributed by atoms with van der Waals surface area (Å²) in [5.41, 5.74) is 0.842. The third-order valence-electron chi connectivity index (χ3n) is 5.45. The molecule has 0 spiro atoms. The van der Waals surface area contributed by atoms with Crippen molar-refractivity contribution >= 4 is 29.1 Å². The molecular weight excluding hydrogens is 421 g/mol. The van der Waals surface area contributed by atoms with Crippen molar-refractivity contribution in [2.45, 2.75) is 19.0 Å². The van der Waals surface area contributed by atoms with E-state index in [0.29, 0.717) is 30.1 Å². The van der Waals surface area contributed by atoms with E-state index >= 15 is 0 Å². The van der Waals surface area contributed by atoms with E-state index in [-0.39, 0.29) is 5.56 Å². The zero-order chi connectivity index (χ0) is 22.0. The first-order chi connectivity index (χ1) is 15.0. The van der Waals surface area contributed by atoms with Gasteiger partial charge in [0.25, 0.3) is 5.91 Å². The summed E-state index contributed by atoms with van der Waals surface area (Å²) in [6, 6.07) is 11.0. The van der Waals surface area contributed by atoms with Crippen molar-refractivity contribution in [2.24, 2.45) is 5.92 Å². The second-order valence-electron chi connectivity index (χ2n) is 7.41. The number of H-pyrrole nitrogens is 1. The van der Waals surface area contributed by atoms with Gasteiger partial charge in [-0.25, -0.2) is 8.96 Å². The largest absolute Gasteiger partial charge is 0.328 e. The van der Waals surface area contributed by atoms with Crippen molar-refractivity contribution in [1.29, 1.82) is 0 Å². The van der Waals surface area contributed by atoms with Gasteiger partial charge in [0.15, 0.2) is 5.78 Å². The molecule has 8 heteroatoms. The Hall–Kier alpha value is -3.32. The normalized spacial score (nSPS) is 18.6. The predicted octanol–water partition coefficient (Wildman–Crippen LogP) is 3.14. The Balaban J connectivity index is 1.65. The van der Waals surface area contributed by atoms with E-state index in [0.717, 1.165) is 12.1 Å². The number of rotatable bonds is 7. The van der Waals surface area contributed by atoms with Crippen LogP contribution in [0.4, 0.5) is 4.39 Å². The van der Waals surface area contributed by atoms with E-state index < -0.39 is 35.3 Å². The maximum atomic E-state index is 13.3. The van der Waals surface area contributed by atoms with Crippen LogP contribution in [0, 0.1) is 11.7 Å². The fourth-order valence-corrected chi connectivity index (χ4v) is 4.06. The lowest BCUT2D eigenvalue weighted by atomic mass is 9.86. The molecule has 1 N–H and O–H groups in total. The molecule has 0 aliphatic carbocycles. The number of hydrogen-bond donors (Lipinski definition) is 1. The van der Waals surface area contributed by atoms with Crippen molar-refractivity contribution in [2.75, 3.05) is 6.54 Å². The van der Waals surface area contributed by atoms with Gasteiger partial charge in [-0.2, -0.15) is 0 Å². The number of carbonyl (C=O) groups is 3. The monoisotopic (exact) mass is 440 g/mol. The zero-order valence-electron chi connectivity index (χ0n) is 16.5. The third kappa shape index (κ3) is 4.27. The van der Waals surface area contributed by atoms with Crippen LogP contribution in [-0.4, -0.2) is 33.9 Å². The number of benzene rings is 2. The van der Waals surface area contributed by atoms with Crippen LogP contribution in [0.5, 0.6) is 0 Å². The van der Waals surface area contributed by atoms with Crippen molar-refractivity contribution in [3.63, 3.8) is 0 Å². The van der Waals surface area contributed by atoms with Crippen LogP contribution in [0.2, 0.25) is 5.02 Å². The summed E-state index contributed by atoms with van der Waals surface area (Å²) in [4.78, 5) is 43.4. The molecule has 1 saturated heterocycles. The van der Waals surface area contributed by atoms with Gasteiger partial charge in [-0.15, -0.1) is 0 Å². The number of aryl methyl sites for hydroxylation is 1. The highest BCUT2D eigenvalue weighted by Crippen LogP contribution is 2.38. The summed E-state index contributed by atoms with van der Waals surface area (Å²) >= 11 is 6.01. The Morgan fingerprint density at radius 3 is 2.45 bits per heavy atom. The second kappa shape index (κ2) is 8.81. The average molecular weight is 441 g/mol. The topological polar surface area (TPSA) is 74.1 Å². The molecule has 31 heavy (non-hydrogen) atoms. The van der Waals surface area contributed by atoms with Crippen molar-refractivity contribution < 1.29 is 23.3 Å². The Kier molecular flexibility index (Phi) is 5.95. The van der Waals surface area contributed by atoms with Crippen LogP contribution in [0.1, 0.15) is 28.4 Å². The molecule has 0 radical (unpaired) electrons. The standard InChI is InChI=1S/C23H19ClFN3O3/c24-17-6-2-15(3-7-17)20-19(21(29)16-4-8-18(25)9-5-16)22(30)23(31)28(20)12-1-11-27-13-10-26-14-27/h2-10,13-14,19-20H,1,11-12H2/p+1. The molecule has 6 nitrogen and oxygen atoms in total. The van der Waals surface area contributed by atoms with Crippen LogP contribution < -0.4 is 4.57 Å². The highest BCUT2D eigenvalue weighted by molar-refractivity contribution is 6.44. The molecule has 0 bridgehead atoms. The first kappa shape index (κ1) is 20.9. The fraction of sp³-hybridized carbons (Fsp3) is 0.217. The quantitative estimate of drug-likeness (QED) is 0.265. The van der Waals surface area contributed by atoms with Gasteiger partial charge in [0.1, 0.15) is 24.1 Å². The molecule has 1 aliphatic heterocycles. The van der Waals surface area contributed by atoms with Gasteiger partial charge in [0, 0.05) is 23.6 Å². The number of nitrogens with one attached hydrogen (secondary N) is 1. The summed E-state index contributed by atoms with van der Waals surface area (Å²) in [5, 5.41) is 0.510. The lowest BCUT2D eigenvalue weighted by Crippen LogP contribution is -2.36. The summed E-state index contributed by atoms with van der Waals surface area (Å²) in [5.74, 6) is -3.61. The van der Waals surface area contributed by atoms with Crippen LogP contribution in [0.25, 0.3) is 0 Å². The van der Waals surface area contributed by atoms with E-state index in [4.69, 9.17) is 11.6 Å². The van der Waals surface area contributed by atoms with Gasteiger partial charge < -0.3 is 4.90 Å². The Bertz CT molecular complexity index is 1100. The van der Waals surface area contributed by atoms with E-state index in [1.165, 1.54) is 17.0 Å². The number of amides is 1. The lowest BCUT2D eigenvalue weighted by molar-refractivity contribution is -0.695. The molecule has 1 aromatic heterocycles. The average Bonchev–Trinajstić information content (AvgIpc) is 3.37. The Morgan fingerprint density at radius 2 is 1.81 bits per heavy atom. The number of likely N-dealkylation sites (tertiary alicyclic amines) is 1. The molecule has 2 heterocycles. The number of carbonyl (C=O) groups excluding carboxylic acids is 3. The molecule has 2 atom stereocenters. The van der Waals surface area contributed by atoms with Gasteiger partial charge in [0.2, 0.25) is 12.1 Å². The second-order valence-corrected chi connectivity index (χ2v) is 7.85. The number of aromatic amines is 1. The molecular formula is C23H20ClFN3O3+. The van der Waals surface area contributed by atoms with Crippen LogP contribution in [-0.2, 0) is 16.1 Å². The van der Waals surface area contributed by atoms with Gasteiger partial charge in [-0.05, 0) is 42.0 Å². The minimum absolute atomic E-state index is 0.191. The van der Waals surface area contributed by atoms with Crippen LogP contribution in [0.3, 0.4) is 0 Å². The molecule has 4 rings (SSSR count). The van der Waals surface area contributed by atoms with E-state index in [1.54, 1.807) is 36.8 Å². The molecule has 1 aliphatic rings.